The molecule has 0 atom stereocenters. The van der Waals surface area contributed by atoms with Crippen molar-refractivity contribution < 1.29 is 4.74 Å². The predicted octanol–water partition coefficient (Wildman–Crippen LogP) is 0.704. The van der Waals surface area contributed by atoms with Gasteiger partial charge in [-0.15, -0.1) is 5.10 Å². The largest absolute Gasteiger partial charge is 0.380 e. The zero-order valence-electron chi connectivity index (χ0n) is 8.19. The fourth-order valence-corrected chi connectivity index (χ4v) is 1.69. The number of rotatable bonds is 1. The molecule has 0 spiro atoms. The summed E-state index contributed by atoms with van der Waals surface area (Å²) in [7, 11) is 1.92. The van der Waals surface area contributed by atoms with Crippen molar-refractivity contribution in [3.05, 3.63) is 4.77 Å². The first-order chi connectivity index (χ1) is 6.79. The molecule has 0 aliphatic carbocycles. The number of nitrogens with zero attached hydrogens (tertiary/aromatic N) is 3. The van der Waals surface area contributed by atoms with Crippen LogP contribution in [0.1, 0.15) is 6.42 Å². The van der Waals surface area contributed by atoms with Crippen molar-refractivity contribution in [2.75, 3.05) is 31.2 Å². The second kappa shape index (κ2) is 4.10. The number of hydrogen-bond donors (Lipinski definition) is 1. The number of anilines is 1. The zero-order chi connectivity index (χ0) is 9.97. The summed E-state index contributed by atoms with van der Waals surface area (Å²) in [5.74, 6) is 0.903. The van der Waals surface area contributed by atoms with Gasteiger partial charge < -0.3 is 9.64 Å². The van der Waals surface area contributed by atoms with Crippen molar-refractivity contribution in [1.29, 1.82) is 0 Å². The van der Waals surface area contributed by atoms with Gasteiger partial charge >= 0.3 is 0 Å². The second-order valence-corrected chi connectivity index (χ2v) is 3.73. The molecular formula is C8H14N4OS. The molecule has 78 valence electrons. The standard InChI is InChI=1S/C8H14N4OS/c1-11-7(9-10-8(11)14)12-3-2-5-13-6-4-12/h2-6H2,1H3,(H,10,14). The van der Waals surface area contributed by atoms with Crippen molar-refractivity contribution in [2.45, 2.75) is 6.42 Å². The van der Waals surface area contributed by atoms with Crippen LogP contribution < -0.4 is 4.90 Å². The highest BCUT2D eigenvalue weighted by Crippen LogP contribution is 2.11. The smallest absolute Gasteiger partial charge is 0.225 e. The van der Waals surface area contributed by atoms with E-state index in [4.69, 9.17) is 17.0 Å². The molecule has 1 fully saturated rings. The highest BCUT2D eigenvalue weighted by Gasteiger charge is 2.14. The molecule has 1 N–H and O–H groups in total. The van der Waals surface area contributed by atoms with E-state index in [1.165, 1.54) is 0 Å². The lowest BCUT2D eigenvalue weighted by molar-refractivity contribution is 0.152. The molecule has 0 amide bonds. The van der Waals surface area contributed by atoms with E-state index in [1.807, 2.05) is 11.6 Å². The Morgan fingerprint density at radius 2 is 2.29 bits per heavy atom. The van der Waals surface area contributed by atoms with Crippen LogP contribution >= 0.6 is 12.2 Å². The van der Waals surface area contributed by atoms with Crippen LogP contribution in [0.5, 0.6) is 0 Å². The van der Waals surface area contributed by atoms with Gasteiger partial charge in [0, 0.05) is 26.7 Å². The van der Waals surface area contributed by atoms with Crippen LogP contribution in [0.3, 0.4) is 0 Å². The van der Waals surface area contributed by atoms with E-state index in [1.54, 1.807) is 0 Å². The van der Waals surface area contributed by atoms with E-state index in [-0.39, 0.29) is 0 Å². The maximum absolute atomic E-state index is 5.38. The topological polar surface area (TPSA) is 46.1 Å². The molecule has 1 aliphatic heterocycles. The Bertz CT molecular complexity index is 350. The number of H-pyrrole nitrogens is 1. The van der Waals surface area contributed by atoms with Gasteiger partial charge in [-0.2, -0.15) is 0 Å². The molecule has 1 aromatic heterocycles. The Labute approximate surface area is 87.7 Å². The maximum Gasteiger partial charge on any atom is 0.225 e. The van der Waals surface area contributed by atoms with Gasteiger partial charge in [0.25, 0.3) is 0 Å². The van der Waals surface area contributed by atoms with Crippen LogP contribution in [0.4, 0.5) is 5.95 Å². The Hall–Kier alpha value is -0.880. The summed E-state index contributed by atoms with van der Waals surface area (Å²) in [6.07, 6.45) is 1.04. The van der Waals surface area contributed by atoms with E-state index < -0.39 is 0 Å². The third-order valence-corrected chi connectivity index (χ3v) is 2.73. The van der Waals surface area contributed by atoms with E-state index in [2.05, 4.69) is 15.1 Å². The van der Waals surface area contributed by atoms with Gasteiger partial charge in [-0.1, -0.05) is 0 Å². The maximum atomic E-state index is 5.38. The quantitative estimate of drug-likeness (QED) is 0.699. The van der Waals surface area contributed by atoms with Crippen molar-refractivity contribution in [2.24, 2.45) is 7.05 Å². The van der Waals surface area contributed by atoms with Crippen LogP contribution in [0.15, 0.2) is 0 Å². The highest BCUT2D eigenvalue weighted by atomic mass is 32.1. The van der Waals surface area contributed by atoms with Crippen LogP contribution in [0, 0.1) is 4.77 Å². The summed E-state index contributed by atoms with van der Waals surface area (Å²) in [5, 5.41) is 6.98. The fraction of sp³-hybridized carbons (Fsp3) is 0.750. The average molecular weight is 214 g/mol. The first-order valence-corrected chi connectivity index (χ1v) is 5.14. The van der Waals surface area contributed by atoms with E-state index in [0.717, 1.165) is 38.7 Å². The summed E-state index contributed by atoms with van der Waals surface area (Å²) in [5.41, 5.74) is 0. The average Bonchev–Trinajstić information content (AvgIpc) is 2.47. The molecule has 6 heteroatoms. The van der Waals surface area contributed by atoms with Crippen molar-refractivity contribution in [3.63, 3.8) is 0 Å². The number of nitrogens with one attached hydrogen (secondary N) is 1. The molecule has 0 aromatic carbocycles. The Morgan fingerprint density at radius 3 is 3.00 bits per heavy atom. The van der Waals surface area contributed by atoms with Gasteiger partial charge in [-0.05, 0) is 18.6 Å². The van der Waals surface area contributed by atoms with Gasteiger partial charge in [0.05, 0.1) is 6.61 Å². The fourth-order valence-electron chi connectivity index (χ4n) is 1.57. The molecule has 0 bridgehead atoms. The highest BCUT2D eigenvalue weighted by molar-refractivity contribution is 7.71. The molecule has 2 rings (SSSR count). The zero-order valence-corrected chi connectivity index (χ0v) is 9.01. The van der Waals surface area contributed by atoms with Gasteiger partial charge in [-0.3, -0.25) is 4.57 Å². The SMILES string of the molecule is Cn1c(N2CCCOCC2)n[nH]c1=S. The van der Waals surface area contributed by atoms with E-state index in [0.29, 0.717) is 4.77 Å². The molecule has 0 saturated carbocycles. The summed E-state index contributed by atoms with van der Waals surface area (Å²) in [6, 6.07) is 0. The lowest BCUT2D eigenvalue weighted by Crippen LogP contribution is -2.28. The van der Waals surface area contributed by atoms with Crippen LogP contribution in [-0.2, 0) is 11.8 Å². The molecule has 0 unspecified atom stereocenters. The van der Waals surface area contributed by atoms with Crippen LogP contribution in [-0.4, -0.2) is 41.1 Å². The Balaban J connectivity index is 2.20. The van der Waals surface area contributed by atoms with Crippen LogP contribution in [0.25, 0.3) is 0 Å². The lowest BCUT2D eigenvalue weighted by atomic mass is 10.4. The van der Waals surface area contributed by atoms with Crippen LogP contribution in [0.2, 0.25) is 0 Å². The third-order valence-electron chi connectivity index (χ3n) is 2.36. The third kappa shape index (κ3) is 1.80. The first-order valence-electron chi connectivity index (χ1n) is 4.73. The predicted molar refractivity (Wildman–Crippen MR) is 56.0 cm³/mol. The minimum Gasteiger partial charge on any atom is -0.380 e. The summed E-state index contributed by atoms with van der Waals surface area (Å²) >= 11 is 5.06. The number of aromatic amines is 1. The molecular weight excluding hydrogens is 200 g/mol. The number of aromatic nitrogens is 3. The van der Waals surface area contributed by atoms with E-state index >= 15 is 0 Å². The summed E-state index contributed by atoms with van der Waals surface area (Å²) in [6.45, 7) is 3.46. The Kier molecular flexibility index (Phi) is 2.83. The molecule has 14 heavy (non-hydrogen) atoms. The number of hydrogen-bond acceptors (Lipinski definition) is 4. The number of ether oxygens (including phenoxy) is 1. The van der Waals surface area contributed by atoms with Crippen molar-refractivity contribution in [1.82, 2.24) is 14.8 Å². The van der Waals surface area contributed by atoms with Gasteiger partial charge in [-0.25, -0.2) is 5.10 Å². The lowest BCUT2D eigenvalue weighted by Gasteiger charge is -2.19. The second-order valence-electron chi connectivity index (χ2n) is 3.34. The van der Waals surface area contributed by atoms with Gasteiger partial charge in [0.15, 0.2) is 4.77 Å². The summed E-state index contributed by atoms with van der Waals surface area (Å²) in [4.78, 5) is 2.19. The molecule has 1 saturated heterocycles. The molecule has 1 aliphatic rings. The molecule has 1 aromatic rings. The monoisotopic (exact) mass is 214 g/mol. The molecule has 0 radical (unpaired) electrons. The Morgan fingerprint density at radius 1 is 1.43 bits per heavy atom. The van der Waals surface area contributed by atoms with Crippen molar-refractivity contribution >= 4 is 18.2 Å². The molecule has 2 heterocycles. The molecule has 5 nitrogen and oxygen atoms in total. The van der Waals surface area contributed by atoms with Gasteiger partial charge in [0.1, 0.15) is 0 Å². The normalized spacial score (nSPS) is 18.2. The summed E-state index contributed by atoms with van der Waals surface area (Å²) < 4.78 is 7.93. The minimum atomic E-state index is 0.658. The van der Waals surface area contributed by atoms with Crippen molar-refractivity contribution in [3.8, 4) is 0 Å². The first kappa shape index (κ1) is 9.67. The minimum absolute atomic E-state index is 0.658. The van der Waals surface area contributed by atoms with Gasteiger partial charge in [0.2, 0.25) is 5.95 Å². The van der Waals surface area contributed by atoms with E-state index in [9.17, 15) is 0 Å².